The minimum absolute atomic E-state index is 0.147. The summed E-state index contributed by atoms with van der Waals surface area (Å²) in [6, 6.07) is 12.4. The zero-order valence-electron chi connectivity index (χ0n) is 37.7. The van der Waals surface area contributed by atoms with Crippen LogP contribution in [-0.2, 0) is 19.5 Å². The molecule has 352 valence electrons. The number of aryl methyl sites for hydroxylation is 3. The Morgan fingerprint density at radius 1 is 0.647 bits per heavy atom. The standard InChI is InChI=1S/C25H27ClN6O.C13H16ClN5O.C9H7ClN4O/c1-16-18(12-30-9-7-20(33)14-30)13-32(29-16)25-6-8-27-24(28-25)11-17-2-5-23-21(10-17)22(26)15-31(23)19-3-4-19;1-9-10(6-18-5-3-11(20)8-18)7-19(17-9)12-2-4-15-13(14)16-12;1-6-7(5-15)4-14(13-6)8-2-3-11-9(10)12-8/h2,5-6,8,10,13,15,19-20,33H,3-4,7,9,11-12,14H2,1H3;2,4,7,11,20H,3,5-6,8H2,1H3;2-5H,1H3/t20-;11-;/m11./s1. The topological polar surface area (TPSA) is 200 Å². The van der Waals surface area contributed by atoms with Gasteiger partial charge in [-0.05, 0) is 87.4 Å². The molecule has 7 aromatic heterocycles. The summed E-state index contributed by atoms with van der Waals surface area (Å²) < 4.78 is 7.34. The van der Waals surface area contributed by atoms with Gasteiger partial charge in [-0.3, -0.25) is 14.6 Å². The van der Waals surface area contributed by atoms with Gasteiger partial charge in [-0.25, -0.2) is 34.0 Å². The van der Waals surface area contributed by atoms with E-state index in [1.165, 1.54) is 29.2 Å². The summed E-state index contributed by atoms with van der Waals surface area (Å²) in [6.07, 6.45) is 17.7. The van der Waals surface area contributed by atoms with Gasteiger partial charge in [0.15, 0.2) is 23.7 Å². The number of aliphatic hydroxyl groups excluding tert-OH is 2. The highest BCUT2D eigenvalue weighted by molar-refractivity contribution is 6.35. The zero-order chi connectivity index (χ0) is 47.5. The number of aldehydes is 1. The van der Waals surface area contributed by atoms with Crippen LogP contribution in [0.25, 0.3) is 28.4 Å². The van der Waals surface area contributed by atoms with Gasteiger partial charge in [0.2, 0.25) is 10.6 Å². The van der Waals surface area contributed by atoms with Gasteiger partial charge < -0.3 is 14.8 Å². The van der Waals surface area contributed by atoms with Crippen LogP contribution in [0.2, 0.25) is 15.6 Å². The summed E-state index contributed by atoms with van der Waals surface area (Å²) in [5.74, 6) is 2.70. The first-order valence-electron chi connectivity index (χ1n) is 22.4. The largest absolute Gasteiger partial charge is 0.392 e. The highest BCUT2D eigenvalue weighted by Crippen LogP contribution is 2.40. The number of likely N-dealkylation sites (tertiary alicyclic amines) is 2. The Balaban J connectivity index is 0.000000140. The van der Waals surface area contributed by atoms with Gasteiger partial charge in [-0.15, -0.1) is 0 Å². The molecule has 0 unspecified atom stereocenters. The number of carbonyl (C=O) groups excluding carboxylic acids is 1. The molecule has 2 saturated heterocycles. The maximum atomic E-state index is 10.6. The third-order valence-corrected chi connectivity index (χ3v) is 12.8. The van der Waals surface area contributed by atoms with Gasteiger partial charge in [0.1, 0.15) is 5.82 Å². The number of aliphatic hydroxyl groups is 2. The van der Waals surface area contributed by atoms with Crippen molar-refractivity contribution in [2.75, 3.05) is 26.2 Å². The van der Waals surface area contributed by atoms with Crippen molar-refractivity contribution in [3.8, 4) is 17.5 Å². The number of fused-ring (bicyclic) bond motifs is 1. The average Bonchev–Trinajstić information content (AvgIpc) is 3.78. The number of hydrogen-bond acceptors (Lipinski definition) is 14. The van der Waals surface area contributed by atoms with E-state index in [4.69, 9.17) is 39.8 Å². The van der Waals surface area contributed by atoms with E-state index in [0.29, 0.717) is 35.4 Å². The lowest BCUT2D eigenvalue weighted by Crippen LogP contribution is -2.21. The number of rotatable bonds is 11. The maximum Gasteiger partial charge on any atom is 0.224 e. The zero-order valence-corrected chi connectivity index (χ0v) is 40.0. The number of hydrogen-bond donors (Lipinski definition) is 2. The van der Waals surface area contributed by atoms with Crippen molar-refractivity contribution in [3.05, 3.63) is 141 Å². The molecule has 3 aliphatic rings. The van der Waals surface area contributed by atoms with Crippen molar-refractivity contribution in [1.29, 1.82) is 0 Å². The molecule has 0 spiro atoms. The Bertz CT molecular complexity index is 3050. The van der Waals surface area contributed by atoms with E-state index < -0.39 is 0 Å². The van der Waals surface area contributed by atoms with Crippen molar-refractivity contribution >= 4 is 52.0 Å². The second-order valence-electron chi connectivity index (χ2n) is 17.3. The third-order valence-electron chi connectivity index (χ3n) is 12.1. The molecule has 3 fully saturated rings. The molecule has 0 amide bonds. The van der Waals surface area contributed by atoms with E-state index in [1.54, 1.807) is 42.3 Å². The summed E-state index contributed by atoms with van der Waals surface area (Å²) in [5, 5.41) is 34.9. The molecule has 0 radical (unpaired) electrons. The van der Waals surface area contributed by atoms with Crippen LogP contribution in [0.5, 0.6) is 0 Å². The maximum absolute atomic E-state index is 10.6. The Labute approximate surface area is 407 Å². The lowest BCUT2D eigenvalue weighted by atomic mass is 10.1. The third kappa shape index (κ3) is 11.3. The SMILES string of the molecule is Cc1nn(-c2ccnc(Cc3ccc4c(c3)c(Cl)cn4C3CC3)n2)cc1CN1CC[C@@H](O)C1.Cc1nn(-c2ccnc(Cl)n2)cc1C=O.Cc1nn(-c2ccnc(Cl)n2)cc1CN1CC[C@@H](O)C1. The first-order chi connectivity index (χ1) is 32.8. The second-order valence-corrected chi connectivity index (χ2v) is 18.4. The normalized spacial score (nSPS) is 17.3. The van der Waals surface area contributed by atoms with Gasteiger partial charge in [0, 0.05) is 135 Å². The molecular weight excluding hydrogens is 929 g/mol. The van der Waals surface area contributed by atoms with Crippen molar-refractivity contribution in [1.82, 2.24) is 73.6 Å². The average molecular weight is 979 g/mol. The number of aromatic nitrogens is 13. The van der Waals surface area contributed by atoms with E-state index in [-0.39, 0.29) is 22.8 Å². The Kier molecular flexibility index (Phi) is 14.3. The lowest BCUT2D eigenvalue weighted by Gasteiger charge is -2.13. The van der Waals surface area contributed by atoms with Crippen molar-refractivity contribution in [3.63, 3.8) is 0 Å². The predicted molar refractivity (Wildman–Crippen MR) is 257 cm³/mol. The molecule has 2 N–H and O–H groups in total. The van der Waals surface area contributed by atoms with Crippen molar-refractivity contribution < 1.29 is 15.0 Å². The molecule has 2 aliphatic heterocycles. The molecule has 0 bridgehead atoms. The van der Waals surface area contributed by atoms with Gasteiger partial charge in [-0.1, -0.05) is 17.7 Å². The molecule has 9 heterocycles. The van der Waals surface area contributed by atoms with Gasteiger partial charge in [0.05, 0.1) is 39.9 Å². The number of carbonyl (C=O) groups is 1. The number of nitrogens with zero attached hydrogens (tertiary/aromatic N) is 15. The van der Waals surface area contributed by atoms with Crippen LogP contribution in [0.4, 0.5) is 0 Å². The van der Waals surface area contributed by atoms with E-state index in [2.05, 4.69) is 79.0 Å². The highest BCUT2D eigenvalue weighted by atomic mass is 35.5. The molecule has 11 rings (SSSR count). The van der Waals surface area contributed by atoms with Crippen LogP contribution < -0.4 is 0 Å². The first kappa shape index (κ1) is 47.1. The number of halogens is 3. The molecule has 8 aromatic rings. The Morgan fingerprint density at radius 2 is 1.18 bits per heavy atom. The van der Waals surface area contributed by atoms with Crippen molar-refractivity contribution in [2.24, 2.45) is 0 Å². The van der Waals surface area contributed by atoms with Crippen LogP contribution in [0.1, 0.15) is 81.7 Å². The molecule has 2 atom stereocenters. The van der Waals surface area contributed by atoms with Crippen LogP contribution in [0.3, 0.4) is 0 Å². The summed E-state index contributed by atoms with van der Waals surface area (Å²) >= 11 is 18.0. The second kappa shape index (κ2) is 20.7. The molecule has 1 aromatic carbocycles. The molecule has 68 heavy (non-hydrogen) atoms. The van der Waals surface area contributed by atoms with E-state index in [9.17, 15) is 15.0 Å². The Morgan fingerprint density at radius 3 is 1.68 bits per heavy atom. The molecule has 18 nitrogen and oxygen atoms in total. The molecule has 21 heteroatoms. The van der Waals surface area contributed by atoms with Gasteiger partial charge >= 0.3 is 0 Å². The van der Waals surface area contributed by atoms with Crippen molar-refractivity contribution in [2.45, 2.75) is 84.2 Å². The quantitative estimate of drug-likeness (QED) is 0.103. The summed E-state index contributed by atoms with van der Waals surface area (Å²) in [4.78, 5) is 40.1. The summed E-state index contributed by atoms with van der Waals surface area (Å²) in [7, 11) is 0. The molecular formula is C47H50Cl3N15O3. The summed E-state index contributed by atoms with van der Waals surface area (Å²) in [5.41, 5.74) is 7.76. The fraction of sp³-hybridized carbons (Fsp3) is 0.362. The van der Waals surface area contributed by atoms with E-state index in [1.807, 2.05) is 37.0 Å². The van der Waals surface area contributed by atoms with Crippen LogP contribution >= 0.6 is 34.8 Å². The fourth-order valence-electron chi connectivity index (χ4n) is 8.35. The van der Waals surface area contributed by atoms with Gasteiger partial charge in [0.25, 0.3) is 0 Å². The van der Waals surface area contributed by atoms with Crippen LogP contribution in [0, 0.1) is 20.8 Å². The minimum atomic E-state index is -0.217. The smallest absolute Gasteiger partial charge is 0.224 e. The van der Waals surface area contributed by atoms with Crippen LogP contribution in [-0.4, -0.2) is 128 Å². The minimum Gasteiger partial charge on any atom is -0.392 e. The Hall–Kier alpha value is -5.99. The van der Waals surface area contributed by atoms with Gasteiger partial charge in [-0.2, -0.15) is 25.3 Å². The van der Waals surface area contributed by atoms with E-state index >= 15 is 0 Å². The van der Waals surface area contributed by atoms with Crippen LogP contribution in [0.15, 0.2) is 79.8 Å². The molecule has 1 saturated carbocycles. The highest BCUT2D eigenvalue weighted by Gasteiger charge is 2.26. The molecule has 1 aliphatic carbocycles. The summed E-state index contributed by atoms with van der Waals surface area (Å²) in [6.45, 7) is 10.6. The first-order valence-corrected chi connectivity index (χ1v) is 23.5. The predicted octanol–water partition coefficient (Wildman–Crippen LogP) is 6.70. The van der Waals surface area contributed by atoms with E-state index in [0.717, 1.165) is 109 Å². The fourth-order valence-corrected chi connectivity index (χ4v) is 8.90. The lowest BCUT2D eigenvalue weighted by molar-refractivity contribution is 0.112. The number of benzene rings is 1. The monoisotopic (exact) mass is 977 g/mol. The number of β-amino-alcohol motifs (C(OH)–C–C–N with tert-alkyl or cyclic N) is 2.